The predicted octanol–water partition coefficient (Wildman–Crippen LogP) is 4.21. The highest BCUT2D eigenvalue weighted by atomic mass is 16.3. The Kier molecular flexibility index (Phi) is 5.30. The van der Waals surface area contributed by atoms with Gasteiger partial charge in [0.1, 0.15) is 5.76 Å². The topological polar surface area (TPSA) is 42.2 Å². The third-order valence-corrected chi connectivity index (χ3v) is 4.51. The number of amides is 1. The molecule has 1 saturated carbocycles. The van der Waals surface area contributed by atoms with Crippen molar-refractivity contribution in [2.75, 3.05) is 0 Å². The molecule has 1 aliphatic carbocycles. The quantitative estimate of drug-likeness (QED) is 0.841. The zero-order chi connectivity index (χ0) is 15.9. The van der Waals surface area contributed by atoms with Gasteiger partial charge in [-0.15, -0.1) is 0 Å². The van der Waals surface area contributed by atoms with E-state index in [2.05, 4.69) is 5.32 Å². The van der Waals surface area contributed by atoms with Crippen molar-refractivity contribution >= 4 is 12.0 Å². The minimum atomic E-state index is -0.00908. The zero-order valence-corrected chi connectivity index (χ0v) is 13.3. The van der Waals surface area contributed by atoms with Crippen LogP contribution < -0.4 is 5.32 Å². The van der Waals surface area contributed by atoms with E-state index in [1.165, 1.54) is 12.8 Å². The van der Waals surface area contributed by atoms with Crippen molar-refractivity contribution in [2.45, 2.75) is 38.1 Å². The second-order valence-electron chi connectivity index (χ2n) is 6.19. The third kappa shape index (κ3) is 4.59. The van der Waals surface area contributed by atoms with Crippen LogP contribution in [0, 0.1) is 5.92 Å². The van der Waals surface area contributed by atoms with Gasteiger partial charge in [0.15, 0.2) is 0 Å². The summed E-state index contributed by atoms with van der Waals surface area (Å²) in [5.41, 5.74) is 1.04. The molecule has 1 aromatic carbocycles. The first-order valence-electron chi connectivity index (χ1n) is 8.37. The zero-order valence-electron chi connectivity index (χ0n) is 13.3. The lowest BCUT2D eigenvalue weighted by Gasteiger charge is -2.31. The average Bonchev–Trinajstić information content (AvgIpc) is 3.09. The minimum absolute atomic E-state index is 0.00908. The average molecular weight is 309 g/mol. The first-order valence-corrected chi connectivity index (χ1v) is 8.37. The number of hydrogen-bond donors (Lipinski definition) is 1. The second kappa shape index (κ2) is 7.82. The van der Waals surface area contributed by atoms with Crippen LogP contribution in [0.25, 0.3) is 6.08 Å². The van der Waals surface area contributed by atoms with Crippen LogP contribution in [0.15, 0.2) is 59.2 Å². The molecule has 2 atom stereocenters. The SMILES string of the molecule is O=C(/C=C/c1ccccc1)N[C@H]1CCCC[C@@H]1Cc1ccco1. The summed E-state index contributed by atoms with van der Waals surface area (Å²) in [6.45, 7) is 0. The van der Waals surface area contributed by atoms with Crippen LogP contribution in [0.3, 0.4) is 0 Å². The van der Waals surface area contributed by atoms with Gasteiger partial charge in [-0.25, -0.2) is 0 Å². The fourth-order valence-corrected chi connectivity index (χ4v) is 3.30. The van der Waals surface area contributed by atoms with E-state index < -0.39 is 0 Å². The number of carbonyl (C=O) groups is 1. The van der Waals surface area contributed by atoms with Crippen LogP contribution in [0.1, 0.15) is 37.0 Å². The van der Waals surface area contributed by atoms with E-state index in [4.69, 9.17) is 4.42 Å². The molecule has 1 N–H and O–H groups in total. The summed E-state index contributed by atoms with van der Waals surface area (Å²) in [7, 11) is 0. The van der Waals surface area contributed by atoms with E-state index in [0.717, 1.165) is 30.6 Å². The van der Waals surface area contributed by atoms with Gasteiger partial charge in [-0.3, -0.25) is 4.79 Å². The van der Waals surface area contributed by atoms with Gasteiger partial charge >= 0.3 is 0 Å². The number of nitrogens with one attached hydrogen (secondary N) is 1. The minimum Gasteiger partial charge on any atom is -0.469 e. The van der Waals surface area contributed by atoms with E-state index in [1.807, 2.05) is 48.5 Å². The van der Waals surface area contributed by atoms with E-state index in [9.17, 15) is 4.79 Å². The molecular weight excluding hydrogens is 286 g/mol. The maximum atomic E-state index is 12.2. The van der Waals surface area contributed by atoms with Crippen molar-refractivity contribution < 1.29 is 9.21 Å². The molecule has 0 spiro atoms. The van der Waals surface area contributed by atoms with Crippen LogP contribution in [-0.2, 0) is 11.2 Å². The fraction of sp³-hybridized carbons (Fsp3) is 0.350. The number of rotatable bonds is 5. The van der Waals surface area contributed by atoms with Gasteiger partial charge in [0.25, 0.3) is 0 Å². The standard InChI is InChI=1S/C20H23NO2/c22-20(13-12-16-7-2-1-3-8-16)21-19-11-5-4-9-17(19)15-18-10-6-14-23-18/h1-3,6-8,10,12-14,17,19H,4-5,9,11,15H2,(H,21,22)/b13-12+/t17-,19+/m1/s1. The molecule has 0 aliphatic heterocycles. The Labute approximate surface area is 137 Å². The smallest absolute Gasteiger partial charge is 0.244 e. The van der Waals surface area contributed by atoms with Crippen molar-refractivity contribution in [3.05, 3.63) is 66.1 Å². The summed E-state index contributed by atoms with van der Waals surface area (Å²) in [5, 5.41) is 3.18. The molecule has 1 fully saturated rings. The summed E-state index contributed by atoms with van der Waals surface area (Å²) in [6.07, 6.45) is 10.7. The van der Waals surface area contributed by atoms with Gasteiger partial charge in [0.2, 0.25) is 5.91 Å². The van der Waals surface area contributed by atoms with Crippen molar-refractivity contribution in [1.82, 2.24) is 5.32 Å². The molecule has 120 valence electrons. The molecule has 0 saturated heterocycles. The van der Waals surface area contributed by atoms with Gasteiger partial charge in [0.05, 0.1) is 6.26 Å². The maximum absolute atomic E-state index is 12.2. The molecule has 0 radical (unpaired) electrons. The van der Waals surface area contributed by atoms with Crippen LogP contribution in [0.2, 0.25) is 0 Å². The van der Waals surface area contributed by atoms with Crippen LogP contribution in [-0.4, -0.2) is 11.9 Å². The van der Waals surface area contributed by atoms with Gasteiger partial charge in [-0.2, -0.15) is 0 Å². The van der Waals surface area contributed by atoms with Crippen molar-refractivity contribution in [3.8, 4) is 0 Å². The monoisotopic (exact) mass is 309 g/mol. The Morgan fingerprint density at radius 2 is 1.96 bits per heavy atom. The van der Waals surface area contributed by atoms with E-state index in [1.54, 1.807) is 12.3 Å². The molecule has 3 rings (SSSR count). The van der Waals surface area contributed by atoms with Gasteiger partial charge in [-0.1, -0.05) is 43.2 Å². The molecule has 1 aliphatic rings. The highest BCUT2D eigenvalue weighted by Crippen LogP contribution is 2.27. The first-order chi connectivity index (χ1) is 11.3. The van der Waals surface area contributed by atoms with Crippen molar-refractivity contribution in [3.63, 3.8) is 0 Å². The molecule has 3 heteroatoms. The fourth-order valence-electron chi connectivity index (χ4n) is 3.30. The normalized spacial score (nSPS) is 21.4. The van der Waals surface area contributed by atoms with Crippen molar-refractivity contribution in [2.24, 2.45) is 5.92 Å². The molecule has 0 unspecified atom stereocenters. The maximum Gasteiger partial charge on any atom is 0.244 e. The van der Waals surface area contributed by atoms with Gasteiger partial charge in [-0.05, 0) is 42.5 Å². The lowest BCUT2D eigenvalue weighted by molar-refractivity contribution is -0.117. The third-order valence-electron chi connectivity index (χ3n) is 4.51. The van der Waals surface area contributed by atoms with E-state index >= 15 is 0 Å². The summed E-state index contributed by atoms with van der Waals surface area (Å²) >= 11 is 0. The lowest BCUT2D eigenvalue weighted by atomic mass is 9.82. The van der Waals surface area contributed by atoms with Crippen molar-refractivity contribution in [1.29, 1.82) is 0 Å². The van der Waals surface area contributed by atoms with E-state index in [-0.39, 0.29) is 11.9 Å². The first kappa shape index (κ1) is 15.6. The number of carbonyl (C=O) groups excluding carboxylic acids is 1. The largest absolute Gasteiger partial charge is 0.469 e. The molecule has 1 heterocycles. The number of furan rings is 1. The molecule has 3 nitrogen and oxygen atoms in total. The van der Waals surface area contributed by atoms with E-state index in [0.29, 0.717) is 5.92 Å². The predicted molar refractivity (Wildman–Crippen MR) is 91.8 cm³/mol. The van der Waals surface area contributed by atoms with Crippen LogP contribution in [0.5, 0.6) is 0 Å². The Hall–Kier alpha value is -2.29. The highest BCUT2D eigenvalue weighted by Gasteiger charge is 2.26. The Morgan fingerprint density at radius 3 is 2.74 bits per heavy atom. The summed E-state index contributed by atoms with van der Waals surface area (Å²) in [6, 6.07) is 14.1. The Bertz CT molecular complexity index is 631. The number of hydrogen-bond acceptors (Lipinski definition) is 2. The summed E-state index contributed by atoms with van der Waals surface area (Å²) < 4.78 is 5.47. The second-order valence-corrected chi connectivity index (χ2v) is 6.19. The van der Waals surface area contributed by atoms with Gasteiger partial charge < -0.3 is 9.73 Å². The Morgan fingerprint density at radius 1 is 1.13 bits per heavy atom. The lowest BCUT2D eigenvalue weighted by Crippen LogP contribution is -2.42. The molecule has 23 heavy (non-hydrogen) atoms. The highest BCUT2D eigenvalue weighted by molar-refractivity contribution is 5.91. The van der Waals surface area contributed by atoms with Crippen LogP contribution in [0.4, 0.5) is 0 Å². The molecular formula is C20H23NO2. The van der Waals surface area contributed by atoms with Gasteiger partial charge in [0, 0.05) is 18.5 Å². The summed E-state index contributed by atoms with van der Waals surface area (Å²) in [5.74, 6) is 1.46. The number of benzene rings is 1. The summed E-state index contributed by atoms with van der Waals surface area (Å²) in [4.78, 5) is 12.2. The molecule has 1 amide bonds. The van der Waals surface area contributed by atoms with Crippen LogP contribution >= 0.6 is 0 Å². The Balaban J connectivity index is 1.58. The molecule has 0 bridgehead atoms. The molecule has 2 aromatic rings. The molecule has 1 aromatic heterocycles.